The van der Waals surface area contributed by atoms with Gasteiger partial charge in [0.05, 0.1) is 17.7 Å². The lowest BCUT2D eigenvalue weighted by atomic mass is 10.2. The summed E-state index contributed by atoms with van der Waals surface area (Å²) in [5.41, 5.74) is 0.792. The van der Waals surface area contributed by atoms with Crippen LogP contribution in [0.5, 0.6) is 5.75 Å². The van der Waals surface area contributed by atoms with E-state index in [-0.39, 0.29) is 5.56 Å². The first-order valence-electron chi connectivity index (χ1n) is 6.25. The Bertz CT molecular complexity index is 852. The van der Waals surface area contributed by atoms with Gasteiger partial charge in [0.2, 0.25) is 0 Å². The summed E-state index contributed by atoms with van der Waals surface area (Å²) in [6.07, 6.45) is 4.82. The second-order valence-electron chi connectivity index (χ2n) is 4.20. The van der Waals surface area contributed by atoms with Gasteiger partial charge in [-0.2, -0.15) is 5.26 Å². The van der Waals surface area contributed by atoms with E-state index < -0.39 is 0 Å². The second kappa shape index (κ2) is 6.73. The fourth-order valence-electron chi connectivity index (χ4n) is 1.85. The summed E-state index contributed by atoms with van der Waals surface area (Å²) >= 11 is 1.29. The molecule has 0 unspecified atom stereocenters. The van der Waals surface area contributed by atoms with Crippen LogP contribution in [0.2, 0.25) is 0 Å². The molecule has 0 saturated carbocycles. The normalized spacial score (nSPS) is 12.2. The number of thiazole rings is 1. The van der Waals surface area contributed by atoms with Gasteiger partial charge in [0.25, 0.3) is 5.56 Å². The van der Waals surface area contributed by atoms with Gasteiger partial charge in [-0.3, -0.25) is 9.36 Å². The topological polar surface area (TPSA) is 55.0 Å². The maximum absolute atomic E-state index is 12.3. The predicted molar refractivity (Wildman–Crippen MR) is 84.7 cm³/mol. The van der Waals surface area contributed by atoms with Crippen LogP contribution in [0, 0.1) is 11.3 Å². The molecule has 0 aliphatic carbocycles. The lowest BCUT2D eigenvalue weighted by Gasteiger charge is -1.98. The Morgan fingerprint density at radius 3 is 2.71 bits per heavy atom. The van der Waals surface area contributed by atoms with E-state index in [0.717, 1.165) is 11.3 Å². The zero-order valence-corrected chi connectivity index (χ0v) is 12.4. The molecule has 21 heavy (non-hydrogen) atoms. The molecule has 0 radical (unpaired) electrons. The number of benzene rings is 1. The van der Waals surface area contributed by atoms with Crippen molar-refractivity contribution in [1.29, 1.82) is 5.26 Å². The highest BCUT2D eigenvalue weighted by Gasteiger charge is 2.03. The van der Waals surface area contributed by atoms with E-state index in [2.05, 4.69) is 6.58 Å². The van der Waals surface area contributed by atoms with Crippen molar-refractivity contribution in [2.45, 2.75) is 6.54 Å². The van der Waals surface area contributed by atoms with Crippen LogP contribution in [0.25, 0.3) is 12.2 Å². The molecule has 0 saturated heterocycles. The summed E-state index contributed by atoms with van der Waals surface area (Å²) in [4.78, 5) is 12.3. The van der Waals surface area contributed by atoms with Gasteiger partial charge in [0, 0.05) is 12.6 Å². The van der Waals surface area contributed by atoms with E-state index in [9.17, 15) is 4.79 Å². The van der Waals surface area contributed by atoms with Gasteiger partial charge in [-0.1, -0.05) is 18.2 Å². The Labute approximate surface area is 126 Å². The Morgan fingerprint density at radius 1 is 1.43 bits per heavy atom. The fourth-order valence-corrected chi connectivity index (χ4v) is 2.85. The number of aromatic nitrogens is 1. The molecular formula is C16H14N2O2S. The third kappa shape index (κ3) is 3.30. The number of hydrogen-bond donors (Lipinski definition) is 0. The molecule has 2 aromatic rings. The van der Waals surface area contributed by atoms with Crippen LogP contribution >= 0.6 is 11.3 Å². The van der Waals surface area contributed by atoms with Crippen LogP contribution in [0.1, 0.15) is 5.56 Å². The van der Waals surface area contributed by atoms with Gasteiger partial charge in [0.1, 0.15) is 10.4 Å². The molecule has 0 spiro atoms. The smallest absolute Gasteiger partial charge is 0.269 e. The number of nitrogens with zero attached hydrogens (tertiary/aromatic N) is 2. The summed E-state index contributed by atoms with van der Waals surface area (Å²) in [6.45, 7) is 4.02. The first-order valence-corrected chi connectivity index (χ1v) is 7.07. The molecule has 0 atom stereocenters. The maximum Gasteiger partial charge on any atom is 0.269 e. The van der Waals surface area contributed by atoms with Gasteiger partial charge < -0.3 is 4.74 Å². The average molecular weight is 298 g/mol. The van der Waals surface area contributed by atoms with Crippen molar-refractivity contribution in [3.8, 4) is 11.8 Å². The molecule has 0 aliphatic rings. The van der Waals surface area contributed by atoms with E-state index in [4.69, 9.17) is 10.00 Å². The minimum absolute atomic E-state index is 0.114. The number of methoxy groups -OCH3 is 1. The Balaban J connectivity index is 2.58. The van der Waals surface area contributed by atoms with Crippen LogP contribution in [-0.4, -0.2) is 11.7 Å². The van der Waals surface area contributed by atoms with E-state index in [1.54, 1.807) is 19.3 Å². The molecule has 1 heterocycles. The number of rotatable bonds is 4. The summed E-state index contributed by atoms with van der Waals surface area (Å²) in [5, 5.41) is 8.80. The van der Waals surface area contributed by atoms with Gasteiger partial charge in [-0.25, -0.2) is 0 Å². The molecule has 4 nitrogen and oxygen atoms in total. The van der Waals surface area contributed by atoms with Crippen molar-refractivity contribution in [2.75, 3.05) is 7.11 Å². The largest absolute Gasteiger partial charge is 0.497 e. The molecule has 0 amide bonds. The van der Waals surface area contributed by atoms with Crippen LogP contribution in [0.15, 0.2) is 41.7 Å². The van der Waals surface area contributed by atoms with Crippen LogP contribution in [-0.2, 0) is 6.54 Å². The van der Waals surface area contributed by atoms with Gasteiger partial charge in [-0.05, 0) is 23.8 Å². The summed E-state index contributed by atoms with van der Waals surface area (Å²) in [7, 11) is 1.61. The van der Waals surface area contributed by atoms with Crippen molar-refractivity contribution in [3.05, 3.63) is 62.0 Å². The highest BCUT2D eigenvalue weighted by atomic mass is 32.1. The molecule has 5 heteroatoms. The van der Waals surface area contributed by atoms with E-state index in [1.165, 1.54) is 22.0 Å². The van der Waals surface area contributed by atoms with Crippen molar-refractivity contribution in [1.82, 2.24) is 4.57 Å². The van der Waals surface area contributed by atoms with Crippen LogP contribution < -0.4 is 19.5 Å². The predicted octanol–water partition coefficient (Wildman–Crippen LogP) is 1.24. The fraction of sp³-hybridized carbons (Fsp3) is 0.125. The van der Waals surface area contributed by atoms with Crippen molar-refractivity contribution in [2.24, 2.45) is 0 Å². The summed E-state index contributed by atoms with van der Waals surface area (Å²) in [5.74, 6) is 0.765. The molecule has 0 N–H and O–H groups in total. The Morgan fingerprint density at radius 2 is 2.14 bits per heavy atom. The Hall–Kier alpha value is -2.58. The highest BCUT2D eigenvalue weighted by Crippen LogP contribution is 2.11. The molecule has 0 aliphatic heterocycles. The molecule has 2 rings (SSSR count). The zero-order chi connectivity index (χ0) is 15.2. The van der Waals surface area contributed by atoms with Gasteiger partial charge in [0.15, 0.2) is 0 Å². The third-order valence-electron chi connectivity index (χ3n) is 2.85. The minimum atomic E-state index is -0.114. The molecule has 106 valence electrons. The number of allylic oxidation sites excluding steroid dienone is 1. The lowest BCUT2D eigenvalue weighted by Crippen LogP contribution is -2.30. The lowest BCUT2D eigenvalue weighted by molar-refractivity contribution is 0.415. The molecule has 0 fully saturated rings. The van der Waals surface area contributed by atoms with Crippen molar-refractivity contribution < 1.29 is 4.74 Å². The maximum atomic E-state index is 12.3. The standard InChI is InChI=1S/C16H14N2O2S/c1-3-10-18-15(8-9-17)21-14(16(18)19)11-12-4-6-13(20-2)7-5-12/h3-8,11H,1,10H2,2H3/b14-11+,15-8-. The van der Waals surface area contributed by atoms with E-state index in [1.807, 2.05) is 30.3 Å². The highest BCUT2D eigenvalue weighted by molar-refractivity contribution is 7.07. The van der Waals surface area contributed by atoms with Gasteiger partial charge in [-0.15, -0.1) is 17.9 Å². The van der Waals surface area contributed by atoms with Gasteiger partial charge >= 0.3 is 0 Å². The first-order chi connectivity index (χ1) is 10.2. The summed E-state index contributed by atoms with van der Waals surface area (Å²) in [6, 6.07) is 9.39. The minimum Gasteiger partial charge on any atom is -0.497 e. The molecule has 1 aromatic heterocycles. The van der Waals surface area contributed by atoms with E-state index >= 15 is 0 Å². The monoisotopic (exact) mass is 298 g/mol. The quantitative estimate of drug-likeness (QED) is 0.798. The van der Waals surface area contributed by atoms with E-state index in [0.29, 0.717) is 15.7 Å². The van der Waals surface area contributed by atoms with Crippen LogP contribution in [0.4, 0.5) is 0 Å². The number of ether oxygens (including phenoxy) is 1. The SMILES string of the molecule is C=CCn1c(=O)/c(=C\c2ccc(OC)cc2)s/c1=C\C#N. The number of nitriles is 1. The van der Waals surface area contributed by atoms with Crippen LogP contribution in [0.3, 0.4) is 0 Å². The zero-order valence-electron chi connectivity index (χ0n) is 11.6. The third-order valence-corrected chi connectivity index (χ3v) is 3.91. The average Bonchev–Trinajstić information content (AvgIpc) is 2.78. The van der Waals surface area contributed by atoms with Crippen molar-refractivity contribution >= 4 is 23.5 Å². The molecule has 1 aromatic carbocycles. The second-order valence-corrected chi connectivity index (χ2v) is 5.26. The first kappa shape index (κ1) is 14.8. The Kier molecular flexibility index (Phi) is 4.75. The summed E-state index contributed by atoms with van der Waals surface area (Å²) < 4.78 is 7.85. The number of hydrogen-bond acceptors (Lipinski definition) is 4. The van der Waals surface area contributed by atoms with Crippen molar-refractivity contribution in [3.63, 3.8) is 0 Å². The molecular weight excluding hydrogens is 284 g/mol. The molecule has 0 bridgehead atoms.